The van der Waals surface area contributed by atoms with E-state index in [-0.39, 0.29) is 30.5 Å². The van der Waals surface area contributed by atoms with Crippen LogP contribution in [0.25, 0.3) is 0 Å². The molecule has 2 amide bonds. The van der Waals surface area contributed by atoms with Gasteiger partial charge in [0.1, 0.15) is 6.61 Å². The van der Waals surface area contributed by atoms with Gasteiger partial charge >= 0.3 is 0 Å². The summed E-state index contributed by atoms with van der Waals surface area (Å²) in [5.41, 5.74) is 3.71. The van der Waals surface area contributed by atoms with Crippen LogP contribution in [-0.2, 0) is 27.4 Å². The van der Waals surface area contributed by atoms with Gasteiger partial charge in [0.15, 0.2) is 0 Å². The molecule has 1 saturated heterocycles. The van der Waals surface area contributed by atoms with E-state index in [0.717, 1.165) is 25.1 Å². The number of rotatable bonds is 8. The number of piperazine rings is 1. The number of thiophene rings is 1. The second kappa shape index (κ2) is 12.0. The number of hydrogen-bond acceptors (Lipinski definition) is 5. The number of carbonyl (C=O) groups is 2. The fraction of sp³-hybridized carbons (Fsp3) is 0.400. The van der Waals surface area contributed by atoms with E-state index in [1.165, 1.54) is 16.0 Å². The van der Waals surface area contributed by atoms with Crippen LogP contribution < -0.4 is 0 Å². The smallest absolute Gasteiger partial charge is 0.248 e. The van der Waals surface area contributed by atoms with Gasteiger partial charge in [-0.25, -0.2) is 0 Å². The molecule has 0 unspecified atom stereocenters. The highest BCUT2D eigenvalue weighted by Crippen LogP contribution is 2.37. The molecule has 0 N–H and O–H groups in total. The number of amides is 2. The molecule has 0 bridgehead atoms. The summed E-state index contributed by atoms with van der Waals surface area (Å²) < 4.78 is 5.65. The topological polar surface area (TPSA) is 53.1 Å². The summed E-state index contributed by atoms with van der Waals surface area (Å²) in [6.45, 7) is 5.89. The van der Waals surface area contributed by atoms with Gasteiger partial charge in [0.2, 0.25) is 11.8 Å². The second-order valence-electron chi connectivity index (χ2n) is 9.90. The molecule has 0 radical (unpaired) electrons. The number of benzene rings is 2. The monoisotopic (exact) mass is 517 g/mol. The van der Waals surface area contributed by atoms with Gasteiger partial charge in [-0.2, -0.15) is 0 Å². The highest BCUT2D eigenvalue weighted by atomic mass is 32.1. The molecule has 3 aromatic rings. The molecule has 1 aromatic heterocycles. The van der Waals surface area contributed by atoms with Crippen molar-refractivity contribution in [2.45, 2.75) is 38.5 Å². The van der Waals surface area contributed by atoms with Crippen LogP contribution in [0.4, 0.5) is 0 Å². The first-order valence-corrected chi connectivity index (χ1v) is 14.0. The van der Waals surface area contributed by atoms with Crippen LogP contribution in [0.5, 0.6) is 0 Å². The Morgan fingerprint density at radius 2 is 1.70 bits per heavy atom. The zero-order chi connectivity index (χ0) is 25.6. The van der Waals surface area contributed by atoms with Gasteiger partial charge in [-0.3, -0.25) is 14.5 Å². The normalized spacial score (nSPS) is 20.0. The van der Waals surface area contributed by atoms with E-state index in [2.05, 4.69) is 46.7 Å². The van der Waals surface area contributed by atoms with Gasteiger partial charge in [0.25, 0.3) is 0 Å². The van der Waals surface area contributed by atoms with E-state index in [0.29, 0.717) is 32.7 Å². The summed E-state index contributed by atoms with van der Waals surface area (Å²) in [5.74, 6) is 0.156. The lowest BCUT2D eigenvalue weighted by atomic mass is 9.93. The van der Waals surface area contributed by atoms with Crippen molar-refractivity contribution in [3.8, 4) is 0 Å². The second-order valence-corrected chi connectivity index (χ2v) is 10.9. The fourth-order valence-electron chi connectivity index (χ4n) is 5.50. The van der Waals surface area contributed by atoms with E-state index < -0.39 is 0 Å². The SMILES string of the molecule is C[C@@H]1CN(C(=O)CCN2CCc3sccc3[C@@H]2c2ccccc2)CCN1C(=O)COCc1ccccc1. The molecule has 5 rings (SSSR count). The molecule has 0 aliphatic carbocycles. The average molecular weight is 518 g/mol. The van der Waals surface area contributed by atoms with Crippen LogP contribution in [-0.4, -0.2) is 71.9 Å². The molecule has 194 valence electrons. The first-order valence-electron chi connectivity index (χ1n) is 13.1. The molecule has 6 nitrogen and oxygen atoms in total. The molecular formula is C30H35N3O3S. The lowest BCUT2D eigenvalue weighted by molar-refractivity contribution is -0.146. The van der Waals surface area contributed by atoms with E-state index in [1.807, 2.05) is 58.4 Å². The predicted octanol–water partition coefficient (Wildman–Crippen LogP) is 4.36. The third-order valence-electron chi connectivity index (χ3n) is 7.43. The Balaban J connectivity index is 1.12. The van der Waals surface area contributed by atoms with Gasteiger partial charge < -0.3 is 14.5 Å². The van der Waals surface area contributed by atoms with Crippen LogP contribution in [0.1, 0.15) is 41.0 Å². The van der Waals surface area contributed by atoms with Gasteiger partial charge in [-0.15, -0.1) is 11.3 Å². The van der Waals surface area contributed by atoms with Crippen LogP contribution in [0.2, 0.25) is 0 Å². The molecule has 2 aliphatic rings. The molecule has 1 fully saturated rings. The van der Waals surface area contributed by atoms with Crippen molar-refractivity contribution in [3.63, 3.8) is 0 Å². The van der Waals surface area contributed by atoms with Gasteiger partial charge in [-0.05, 0) is 41.5 Å². The van der Waals surface area contributed by atoms with Crippen molar-refractivity contribution in [2.75, 3.05) is 39.3 Å². The fourth-order valence-corrected chi connectivity index (χ4v) is 6.40. The Labute approximate surface area is 223 Å². The summed E-state index contributed by atoms with van der Waals surface area (Å²) >= 11 is 1.84. The number of nitrogens with zero attached hydrogens (tertiary/aromatic N) is 3. The third kappa shape index (κ3) is 6.12. The standard InChI is InChI=1S/C30H35N3O3S/c1-23-20-32(17-18-33(23)29(35)22-36-21-24-8-4-2-5-9-24)28(34)13-16-31-15-12-27-26(14-19-37-27)30(31)25-10-6-3-7-11-25/h2-11,14,19,23,30H,12-13,15-18,20-22H2,1H3/t23-,30+/m1/s1. The molecule has 0 saturated carbocycles. The average Bonchev–Trinajstić information content (AvgIpc) is 3.41. The van der Waals surface area contributed by atoms with Crippen LogP contribution in [0.15, 0.2) is 72.1 Å². The number of ether oxygens (including phenoxy) is 1. The third-order valence-corrected chi connectivity index (χ3v) is 8.43. The van der Waals surface area contributed by atoms with Crippen LogP contribution >= 0.6 is 11.3 Å². The summed E-state index contributed by atoms with van der Waals surface area (Å²) in [4.78, 5) is 33.6. The maximum absolute atomic E-state index is 13.2. The van der Waals surface area contributed by atoms with E-state index >= 15 is 0 Å². The highest BCUT2D eigenvalue weighted by molar-refractivity contribution is 7.10. The first-order chi connectivity index (χ1) is 18.1. The predicted molar refractivity (Wildman–Crippen MR) is 146 cm³/mol. The zero-order valence-corrected chi connectivity index (χ0v) is 22.2. The minimum Gasteiger partial charge on any atom is -0.367 e. The molecule has 2 atom stereocenters. The van der Waals surface area contributed by atoms with Crippen molar-refractivity contribution in [2.24, 2.45) is 0 Å². The highest BCUT2D eigenvalue weighted by Gasteiger charge is 2.32. The minimum atomic E-state index is -0.0223. The largest absolute Gasteiger partial charge is 0.367 e. The summed E-state index contributed by atoms with van der Waals surface area (Å²) in [6, 6.07) is 22.9. The van der Waals surface area contributed by atoms with Crippen molar-refractivity contribution in [1.29, 1.82) is 0 Å². The molecule has 7 heteroatoms. The van der Waals surface area contributed by atoms with Crippen LogP contribution in [0, 0.1) is 0 Å². The lowest BCUT2D eigenvalue weighted by Crippen LogP contribution is -2.56. The van der Waals surface area contributed by atoms with Crippen molar-refractivity contribution >= 4 is 23.2 Å². The first kappa shape index (κ1) is 25.6. The Hall–Kier alpha value is -3.00. The van der Waals surface area contributed by atoms with E-state index in [9.17, 15) is 9.59 Å². The maximum Gasteiger partial charge on any atom is 0.248 e. The summed E-state index contributed by atoms with van der Waals surface area (Å²) in [6.07, 6.45) is 1.53. The Morgan fingerprint density at radius 3 is 2.46 bits per heavy atom. The molecule has 3 heterocycles. The quantitative estimate of drug-likeness (QED) is 0.446. The van der Waals surface area contributed by atoms with Gasteiger partial charge in [-0.1, -0.05) is 60.7 Å². The van der Waals surface area contributed by atoms with Gasteiger partial charge in [0.05, 0.1) is 12.6 Å². The molecule has 37 heavy (non-hydrogen) atoms. The number of carbonyl (C=O) groups excluding carboxylic acids is 2. The zero-order valence-electron chi connectivity index (χ0n) is 21.4. The lowest BCUT2D eigenvalue weighted by Gasteiger charge is -2.40. The molecular weight excluding hydrogens is 482 g/mol. The number of fused-ring (bicyclic) bond motifs is 1. The number of hydrogen-bond donors (Lipinski definition) is 0. The Kier molecular flexibility index (Phi) is 8.34. The van der Waals surface area contributed by atoms with E-state index in [1.54, 1.807) is 0 Å². The van der Waals surface area contributed by atoms with Crippen molar-refractivity contribution in [1.82, 2.24) is 14.7 Å². The summed E-state index contributed by atoms with van der Waals surface area (Å²) in [7, 11) is 0. The Morgan fingerprint density at radius 1 is 0.946 bits per heavy atom. The van der Waals surface area contributed by atoms with Gasteiger partial charge in [0, 0.05) is 50.1 Å². The molecule has 2 aromatic carbocycles. The van der Waals surface area contributed by atoms with Crippen LogP contribution in [0.3, 0.4) is 0 Å². The maximum atomic E-state index is 13.2. The van der Waals surface area contributed by atoms with Crippen molar-refractivity contribution in [3.05, 3.63) is 93.7 Å². The Bertz CT molecular complexity index is 1180. The molecule has 0 spiro atoms. The van der Waals surface area contributed by atoms with Crippen molar-refractivity contribution < 1.29 is 14.3 Å². The van der Waals surface area contributed by atoms with E-state index in [4.69, 9.17) is 4.74 Å². The minimum absolute atomic E-state index is 0.0129. The summed E-state index contributed by atoms with van der Waals surface area (Å²) in [5, 5.41) is 2.18. The molecule has 2 aliphatic heterocycles.